The van der Waals surface area contributed by atoms with Crippen LogP contribution in [0.2, 0.25) is 0 Å². The highest BCUT2D eigenvalue weighted by Gasteiger charge is 2.14. The number of aromatic nitrogens is 2. The Balaban J connectivity index is 1.64. The highest BCUT2D eigenvalue weighted by atomic mass is 32.1. The van der Waals surface area contributed by atoms with Crippen molar-refractivity contribution < 1.29 is 4.79 Å². The molecule has 6 nitrogen and oxygen atoms in total. The molecule has 1 aliphatic heterocycles. The Bertz CT molecular complexity index is 430. The average molecular weight is 297 g/mol. The zero-order chi connectivity index (χ0) is 14.4. The number of amides is 1. The van der Waals surface area contributed by atoms with E-state index in [-0.39, 0.29) is 11.9 Å². The molecule has 1 fully saturated rings. The number of carbonyl (C=O) groups excluding carboxylic acids is 1. The van der Waals surface area contributed by atoms with Crippen LogP contribution in [0.5, 0.6) is 0 Å². The van der Waals surface area contributed by atoms with Gasteiger partial charge >= 0.3 is 0 Å². The molecule has 0 radical (unpaired) electrons. The molecule has 3 N–H and O–H groups in total. The standard InChI is InChI=1S/C13H23N5OS/c1-10(12-16-17-13(14)20-12)15-11(19)6-5-9-18-7-3-2-4-8-18/h10H,2-9H2,1H3,(H2,14,17)(H,15,19)/t10-/m0/s1. The molecule has 0 aliphatic carbocycles. The van der Waals surface area contributed by atoms with Crippen molar-refractivity contribution in [3.63, 3.8) is 0 Å². The molecule has 2 heterocycles. The first-order valence-corrected chi connectivity index (χ1v) is 8.07. The molecule has 1 amide bonds. The fourth-order valence-corrected chi connectivity index (χ4v) is 3.06. The Kier molecular flexibility index (Phi) is 5.72. The third kappa shape index (κ3) is 4.72. The zero-order valence-electron chi connectivity index (χ0n) is 12.0. The predicted octanol–water partition coefficient (Wildman–Crippen LogP) is 1.56. The van der Waals surface area contributed by atoms with E-state index in [1.165, 1.54) is 43.7 Å². The molecule has 0 saturated carbocycles. The summed E-state index contributed by atoms with van der Waals surface area (Å²) in [6, 6.07) is -0.118. The van der Waals surface area contributed by atoms with Crippen LogP contribution in [0.15, 0.2) is 0 Å². The molecule has 1 aromatic heterocycles. The van der Waals surface area contributed by atoms with Gasteiger partial charge < -0.3 is 16.0 Å². The van der Waals surface area contributed by atoms with Crippen LogP contribution in [-0.4, -0.2) is 40.6 Å². The first-order valence-electron chi connectivity index (χ1n) is 7.26. The Morgan fingerprint density at radius 3 is 2.80 bits per heavy atom. The van der Waals surface area contributed by atoms with Gasteiger partial charge in [-0.05, 0) is 45.8 Å². The smallest absolute Gasteiger partial charge is 0.220 e. The molecule has 0 spiro atoms. The number of hydrogen-bond acceptors (Lipinski definition) is 6. The first-order chi connectivity index (χ1) is 9.65. The number of nitrogens with two attached hydrogens (primary N) is 1. The van der Waals surface area contributed by atoms with Gasteiger partial charge in [0, 0.05) is 6.42 Å². The number of nitrogens with one attached hydrogen (secondary N) is 1. The number of rotatable bonds is 6. The maximum absolute atomic E-state index is 11.9. The summed E-state index contributed by atoms with van der Waals surface area (Å²) < 4.78 is 0. The van der Waals surface area contributed by atoms with Gasteiger partial charge in [-0.3, -0.25) is 4.79 Å². The van der Waals surface area contributed by atoms with Gasteiger partial charge in [-0.25, -0.2) is 0 Å². The van der Waals surface area contributed by atoms with E-state index in [0.717, 1.165) is 18.0 Å². The van der Waals surface area contributed by atoms with E-state index in [2.05, 4.69) is 20.4 Å². The number of piperidine rings is 1. The minimum absolute atomic E-state index is 0.0725. The van der Waals surface area contributed by atoms with E-state index in [9.17, 15) is 4.79 Å². The maximum atomic E-state index is 11.9. The van der Waals surface area contributed by atoms with Crippen molar-refractivity contribution in [3.05, 3.63) is 5.01 Å². The van der Waals surface area contributed by atoms with Crippen molar-refractivity contribution in [3.8, 4) is 0 Å². The molecule has 2 rings (SSSR count). The SMILES string of the molecule is C[C@H](NC(=O)CCCN1CCCCC1)c1nnc(N)s1. The molecule has 1 aromatic rings. The van der Waals surface area contributed by atoms with Crippen molar-refractivity contribution in [2.75, 3.05) is 25.4 Å². The molecular weight excluding hydrogens is 274 g/mol. The summed E-state index contributed by atoms with van der Waals surface area (Å²) in [6.45, 7) is 5.29. The zero-order valence-corrected chi connectivity index (χ0v) is 12.8. The van der Waals surface area contributed by atoms with Crippen LogP contribution in [0.25, 0.3) is 0 Å². The fourth-order valence-electron chi connectivity index (χ4n) is 2.44. The second-order valence-corrected chi connectivity index (χ2v) is 6.31. The summed E-state index contributed by atoms with van der Waals surface area (Å²) in [6.07, 6.45) is 5.41. The molecule has 0 bridgehead atoms. The lowest BCUT2D eigenvalue weighted by Crippen LogP contribution is -2.32. The van der Waals surface area contributed by atoms with Crippen LogP contribution < -0.4 is 11.1 Å². The number of nitrogen functional groups attached to an aromatic ring is 1. The first kappa shape index (κ1) is 15.2. The quantitative estimate of drug-likeness (QED) is 0.832. The van der Waals surface area contributed by atoms with Crippen molar-refractivity contribution in [1.29, 1.82) is 0 Å². The molecule has 1 aliphatic rings. The van der Waals surface area contributed by atoms with Crippen LogP contribution in [0, 0.1) is 0 Å². The van der Waals surface area contributed by atoms with Crippen molar-refractivity contribution >= 4 is 22.4 Å². The van der Waals surface area contributed by atoms with Crippen LogP contribution >= 0.6 is 11.3 Å². The summed E-state index contributed by atoms with van der Waals surface area (Å²) >= 11 is 1.32. The van der Waals surface area contributed by atoms with Gasteiger partial charge in [-0.15, -0.1) is 10.2 Å². The van der Waals surface area contributed by atoms with E-state index in [1.54, 1.807) is 0 Å². The van der Waals surface area contributed by atoms with Crippen molar-refractivity contribution in [2.45, 2.75) is 45.1 Å². The van der Waals surface area contributed by atoms with E-state index in [0.29, 0.717) is 11.6 Å². The molecule has 1 atom stereocenters. The topological polar surface area (TPSA) is 84.1 Å². The lowest BCUT2D eigenvalue weighted by Gasteiger charge is -2.26. The number of hydrogen-bond donors (Lipinski definition) is 2. The number of anilines is 1. The average Bonchev–Trinajstić information content (AvgIpc) is 2.87. The number of likely N-dealkylation sites (tertiary alicyclic amines) is 1. The van der Waals surface area contributed by atoms with Gasteiger partial charge in [0.15, 0.2) is 0 Å². The number of carbonyl (C=O) groups is 1. The van der Waals surface area contributed by atoms with Gasteiger partial charge in [0.2, 0.25) is 11.0 Å². The Labute approximate surface area is 123 Å². The van der Waals surface area contributed by atoms with Crippen LogP contribution in [0.3, 0.4) is 0 Å². The van der Waals surface area contributed by atoms with Gasteiger partial charge in [-0.2, -0.15) is 0 Å². The molecule has 1 saturated heterocycles. The molecule has 0 unspecified atom stereocenters. The number of nitrogens with zero attached hydrogens (tertiary/aromatic N) is 3. The van der Waals surface area contributed by atoms with Gasteiger partial charge in [-0.1, -0.05) is 17.8 Å². The molecule has 112 valence electrons. The van der Waals surface area contributed by atoms with E-state index >= 15 is 0 Å². The summed E-state index contributed by atoms with van der Waals surface area (Å²) in [5.74, 6) is 0.0725. The highest BCUT2D eigenvalue weighted by Crippen LogP contribution is 2.18. The largest absolute Gasteiger partial charge is 0.374 e. The molecule has 0 aromatic carbocycles. The molecule has 20 heavy (non-hydrogen) atoms. The van der Waals surface area contributed by atoms with Crippen LogP contribution in [0.1, 0.15) is 50.1 Å². The normalized spacial score (nSPS) is 17.9. The third-order valence-electron chi connectivity index (χ3n) is 3.53. The summed E-state index contributed by atoms with van der Waals surface area (Å²) in [7, 11) is 0. The fraction of sp³-hybridized carbons (Fsp3) is 0.769. The van der Waals surface area contributed by atoms with Gasteiger partial charge in [0.05, 0.1) is 6.04 Å². The predicted molar refractivity (Wildman–Crippen MR) is 80.4 cm³/mol. The second kappa shape index (κ2) is 7.54. The van der Waals surface area contributed by atoms with Crippen molar-refractivity contribution in [1.82, 2.24) is 20.4 Å². The van der Waals surface area contributed by atoms with Crippen molar-refractivity contribution in [2.24, 2.45) is 0 Å². The maximum Gasteiger partial charge on any atom is 0.220 e. The summed E-state index contributed by atoms with van der Waals surface area (Å²) in [5.41, 5.74) is 5.54. The molecular formula is C13H23N5OS. The highest BCUT2D eigenvalue weighted by molar-refractivity contribution is 7.15. The monoisotopic (exact) mass is 297 g/mol. The Morgan fingerprint density at radius 2 is 2.15 bits per heavy atom. The minimum atomic E-state index is -0.118. The van der Waals surface area contributed by atoms with Crippen LogP contribution in [-0.2, 0) is 4.79 Å². The van der Waals surface area contributed by atoms with E-state index in [4.69, 9.17) is 5.73 Å². The second-order valence-electron chi connectivity index (χ2n) is 5.27. The lowest BCUT2D eigenvalue weighted by atomic mass is 10.1. The van der Waals surface area contributed by atoms with E-state index in [1.807, 2.05) is 6.92 Å². The van der Waals surface area contributed by atoms with E-state index < -0.39 is 0 Å². The molecule has 7 heteroatoms. The lowest BCUT2D eigenvalue weighted by molar-refractivity contribution is -0.121. The minimum Gasteiger partial charge on any atom is -0.374 e. The summed E-state index contributed by atoms with van der Waals surface area (Å²) in [4.78, 5) is 14.3. The Hall–Kier alpha value is -1.21. The Morgan fingerprint density at radius 1 is 1.40 bits per heavy atom. The van der Waals surface area contributed by atoms with Crippen LogP contribution in [0.4, 0.5) is 5.13 Å². The van der Waals surface area contributed by atoms with Gasteiger partial charge in [0.25, 0.3) is 0 Å². The van der Waals surface area contributed by atoms with Gasteiger partial charge in [0.1, 0.15) is 5.01 Å². The summed E-state index contributed by atoms with van der Waals surface area (Å²) in [5, 5.41) is 11.8. The third-order valence-corrected chi connectivity index (χ3v) is 4.47.